The number of carbonyl (C=O) groups is 2. The molecule has 4 aromatic rings. The van der Waals surface area contributed by atoms with E-state index in [2.05, 4.69) is 49.5 Å². The molecule has 0 unspecified atom stereocenters. The Morgan fingerprint density at radius 3 is 2.79 bits per heavy atom. The molecule has 218 valence electrons. The van der Waals surface area contributed by atoms with Gasteiger partial charge in [0.2, 0.25) is 0 Å². The van der Waals surface area contributed by atoms with Crippen molar-refractivity contribution in [3.8, 4) is 5.75 Å². The minimum absolute atomic E-state index is 0.115. The van der Waals surface area contributed by atoms with Crippen LogP contribution in [0.25, 0.3) is 5.52 Å². The molecule has 1 aromatic carbocycles. The lowest BCUT2D eigenvalue weighted by Gasteiger charge is -2.39. The molecule has 5 heterocycles. The molecule has 11 nitrogen and oxygen atoms in total. The molecule has 2 N–H and O–H groups in total. The highest BCUT2D eigenvalue weighted by Crippen LogP contribution is 2.31. The summed E-state index contributed by atoms with van der Waals surface area (Å²) in [6, 6.07) is 11.6. The summed E-state index contributed by atoms with van der Waals surface area (Å²) in [5, 5.41) is 6.25. The van der Waals surface area contributed by atoms with Crippen LogP contribution in [0.5, 0.6) is 5.75 Å². The van der Waals surface area contributed by atoms with Crippen LogP contribution in [-0.4, -0.2) is 81.1 Å². The van der Waals surface area contributed by atoms with Gasteiger partial charge in [-0.2, -0.15) is 0 Å². The lowest BCUT2D eigenvalue weighted by Crippen LogP contribution is -2.52. The first kappa shape index (κ1) is 27.8. The van der Waals surface area contributed by atoms with Crippen LogP contribution in [0.15, 0.2) is 67.5 Å². The second kappa shape index (κ2) is 11.8. The van der Waals surface area contributed by atoms with Crippen LogP contribution >= 0.6 is 11.6 Å². The molecule has 1 spiro atoms. The van der Waals surface area contributed by atoms with Gasteiger partial charge in [0.25, 0.3) is 5.91 Å². The fraction of sp³-hybridized carbons (Fsp3) is 0.367. The minimum atomic E-state index is -0.395. The average molecular weight is 589 g/mol. The molecule has 0 radical (unpaired) electrons. The van der Waals surface area contributed by atoms with E-state index in [1.807, 2.05) is 35.0 Å². The average Bonchev–Trinajstić information content (AvgIpc) is 3.61. The van der Waals surface area contributed by atoms with Crippen LogP contribution in [0.3, 0.4) is 0 Å². The van der Waals surface area contributed by atoms with Crippen molar-refractivity contribution in [2.24, 2.45) is 0 Å². The number of hydrogen-bond acceptors (Lipinski definition) is 7. The summed E-state index contributed by atoms with van der Waals surface area (Å²) in [6.45, 7) is 5.35. The highest BCUT2D eigenvalue weighted by atomic mass is 35.5. The van der Waals surface area contributed by atoms with Crippen LogP contribution in [0.2, 0.25) is 5.02 Å². The summed E-state index contributed by atoms with van der Waals surface area (Å²) in [5.74, 6) is 1.20. The highest BCUT2D eigenvalue weighted by molar-refractivity contribution is 6.33. The monoisotopic (exact) mass is 588 g/mol. The third-order valence-electron chi connectivity index (χ3n) is 8.06. The topological polar surface area (TPSA) is 117 Å². The van der Waals surface area contributed by atoms with Crippen molar-refractivity contribution in [2.75, 3.05) is 44.2 Å². The number of fused-ring (bicyclic) bond motifs is 1. The number of nitrogens with zero attached hydrogens (tertiary/aromatic N) is 6. The number of anilines is 1. The zero-order chi connectivity index (χ0) is 29.1. The lowest BCUT2D eigenvalue weighted by molar-refractivity contribution is 0.0945. The van der Waals surface area contributed by atoms with E-state index in [0.29, 0.717) is 25.4 Å². The molecule has 2 fully saturated rings. The van der Waals surface area contributed by atoms with Crippen molar-refractivity contribution in [3.05, 3.63) is 83.8 Å². The van der Waals surface area contributed by atoms with E-state index in [0.717, 1.165) is 37.3 Å². The number of carbonyl (C=O) groups excluding carboxylic acids is 2. The standard InChI is InChI=1S/C30H33ClN8O3/c1-21(22-5-3-2-4-6-22)18-42-23-15-24(31)26(35-16-23)28(40)34-10-13-38-19-30(36-29(38)41)7-11-37(12-8-30)27-25-17-32-20-39(25)14-9-33-27/h2-6,9,14-17,20-21H,7-8,10-13,18-19H2,1H3,(H,34,40)(H,36,41)/t21-/m1/s1. The highest BCUT2D eigenvalue weighted by Gasteiger charge is 2.44. The van der Waals surface area contributed by atoms with Crippen LogP contribution < -0.4 is 20.3 Å². The van der Waals surface area contributed by atoms with Crippen molar-refractivity contribution in [1.82, 2.24) is 34.9 Å². The maximum absolute atomic E-state index is 12.8. The molecule has 6 rings (SSSR count). The first-order chi connectivity index (χ1) is 20.4. The van der Waals surface area contributed by atoms with Gasteiger partial charge in [-0.3, -0.25) is 4.79 Å². The fourth-order valence-electron chi connectivity index (χ4n) is 5.63. The number of nitrogens with one attached hydrogen (secondary N) is 2. The molecule has 42 heavy (non-hydrogen) atoms. The van der Waals surface area contributed by atoms with Gasteiger partial charge in [-0.05, 0) is 18.4 Å². The normalized spacial score (nSPS) is 17.0. The van der Waals surface area contributed by atoms with Gasteiger partial charge in [0.1, 0.15) is 17.0 Å². The number of ether oxygens (including phenoxy) is 1. The number of piperidine rings is 1. The van der Waals surface area contributed by atoms with Crippen LogP contribution in [0, 0.1) is 0 Å². The third-order valence-corrected chi connectivity index (χ3v) is 8.35. The van der Waals surface area contributed by atoms with E-state index >= 15 is 0 Å². The number of imidazole rings is 1. The molecule has 3 amide bonds. The van der Waals surface area contributed by atoms with Gasteiger partial charge < -0.3 is 29.6 Å². The van der Waals surface area contributed by atoms with Gasteiger partial charge in [-0.15, -0.1) is 0 Å². The quantitative estimate of drug-likeness (QED) is 0.306. The number of urea groups is 1. The first-order valence-electron chi connectivity index (χ1n) is 14.1. The van der Waals surface area contributed by atoms with Gasteiger partial charge in [0, 0.05) is 57.1 Å². The molecule has 3 aromatic heterocycles. The number of pyridine rings is 1. The number of hydrogen-bond donors (Lipinski definition) is 2. The van der Waals surface area contributed by atoms with Gasteiger partial charge in [-0.25, -0.2) is 19.7 Å². The largest absolute Gasteiger partial charge is 0.491 e. The van der Waals surface area contributed by atoms with Gasteiger partial charge >= 0.3 is 6.03 Å². The third kappa shape index (κ3) is 5.82. The Bertz CT molecular complexity index is 1570. The van der Waals surface area contributed by atoms with E-state index in [9.17, 15) is 9.59 Å². The molecular weight excluding hydrogens is 556 g/mol. The molecule has 0 bridgehead atoms. The van der Waals surface area contributed by atoms with E-state index in [1.165, 1.54) is 11.8 Å². The zero-order valence-electron chi connectivity index (χ0n) is 23.4. The van der Waals surface area contributed by atoms with Crippen molar-refractivity contribution in [1.29, 1.82) is 0 Å². The SMILES string of the molecule is C[C@H](COc1cnc(C(=O)NCCN2CC3(CCN(c4nccn5cncc45)CC3)NC2=O)c(Cl)c1)c1ccccc1. The van der Waals surface area contributed by atoms with Gasteiger partial charge in [-0.1, -0.05) is 48.9 Å². The predicted molar refractivity (Wildman–Crippen MR) is 159 cm³/mol. The summed E-state index contributed by atoms with van der Waals surface area (Å²) in [4.78, 5) is 42.6. The van der Waals surface area contributed by atoms with Crippen LogP contribution in [-0.2, 0) is 0 Å². The van der Waals surface area contributed by atoms with E-state index < -0.39 is 5.91 Å². The number of benzene rings is 1. The predicted octanol–water partition coefficient (Wildman–Crippen LogP) is 3.75. The molecule has 12 heteroatoms. The number of aromatic nitrogens is 4. The maximum Gasteiger partial charge on any atom is 0.318 e. The van der Waals surface area contributed by atoms with Crippen molar-refractivity contribution < 1.29 is 14.3 Å². The van der Waals surface area contributed by atoms with E-state index in [4.69, 9.17) is 16.3 Å². The van der Waals surface area contributed by atoms with Crippen LogP contribution in [0.1, 0.15) is 41.7 Å². The summed E-state index contributed by atoms with van der Waals surface area (Å²) in [5.41, 5.74) is 1.98. The number of rotatable bonds is 9. The number of halogens is 1. The van der Waals surface area contributed by atoms with Gasteiger partial charge in [0.05, 0.1) is 35.9 Å². The van der Waals surface area contributed by atoms with Crippen molar-refractivity contribution in [3.63, 3.8) is 0 Å². The Kier molecular flexibility index (Phi) is 7.84. The second-order valence-electron chi connectivity index (χ2n) is 10.9. The molecule has 2 saturated heterocycles. The number of amides is 3. The Balaban J connectivity index is 0.972. The zero-order valence-corrected chi connectivity index (χ0v) is 24.1. The Labute approximate surface area is 248 Å². The summed E-state index contributed by atoms with van der Waals surface area (Å²) in [6.07, 6.45) is 10.4. The van der Waals surface area contributed by atoms with Crippen molar-refractivity contribution in [2.45, 2.75) is 31.2 Å². The van der Waals surface area contributed by atoms with Crippen molar-refractivity contribution >= 4 is 34.9 Å². The van der Waals surface area contributed by atoms with Crippen LogP contribution in [0.4, 0.5) is 10.6 Å². The summed E-state index contributed by atoms with van der Waals surface area (Å²) >= 11 is 6.37. The Hall–Kier alpha value is -4.38. The first-order valence-corrected chi connectivity index (χ1v) is 14.5. The molecule has 2 aliphatic rings. The molecule has 0 saturated carbocycles. The van der Waals surface area contributed by atoms with E-state index in [-0.39, 0.29) is 34.7 Å². The Morgan fingerprint density at radius 1 is 1.19 bits per heavy atom. The lowest BCUT2D eigenvalue weighted by atomic mass is 9.88. The summed E-state index contributed by atoms with van der Waals surface area (Å²) in [7, 11) is 0. The fourth-order valence-corrected chi connectivity index (χ4v) is 5.87. The molecular formula is C30H33ClN8O3. The molecule has 0 aliphatic carbocycles. The Morgan fingerprint density at radius 2 is 2.00 bits per heavy atom. The second-order valence-corrected chi connectivity index (χ2v) is 11.3. The summed E-state index contributed by atoms with van der Waals surface area (Å²) < 4.78 is 7.82. The van der Waals surface area contributed by atoms with Gasteiger partial charge in [0.15, 0.2) is 5.82 Å². The maximum atomic E-state index is 12.8. The minimum Gasteiger partial charge on any atom is -0.491 e. The smallest absolute Gasteiger partial charge is 0.318 e. The molecule has 2 aliphatic heterocycles. The van der Waals surface area contributed by atoms with E-state index in [1.54, 1.807) is 23.5 Å². The molecule has 1 atom stereocenters.